The molecule has 0 unspecified atom stereocenters. The number of allylic oxidation sites excluding steroid dienone is 1. The van der Waals surface area contributed by atoms with E-state index in [2.05, 4.69) is 13.8 Å². The SMILES string of the molecule is CC1=C[C@]2(O)C(=O)[C@@H](C)CCC(C)(C)[C@H]3CC[C@@](C)(/C=C\2C1=O)O3. The summed E-state index contributed by atoms with van der Waals surface area (Å²) in [6.45, 7) is 9.80. The van der Waals surface area contributed by atoms with Crippen molar-refractivity contribution in [1.29, 1.82) is 0 Å². The summed E-state index contributed by atoms with van der Waals surface area (Å²) in [7, 11) is 0. The van der Waals surface area contributed by atoms with E-state index in [9.17, 15) is 14.7 Å². The Bertz CT molecular complexity index is 657. The van der Waals surface area contributed by atoms with Crippen molar-refractivity contribution in [2.24, 2.45) is 11.3 Å². The minimum atomic E-state index is -1.81. The molecule has 4 heteroatoms. The van der Waals surface area contributed by atoms with Crippen LogP contribution in [0.2, 0.25) is 0 Å². The predicted molar refractivity (Wildman–Crippen MR) is 91.5 cm³/mol. The molecule has 1 saturated heterocycles. The first kappa shape index (κ1) is 17.6. The van der Waals surface area contributed by atoms with Crippen LogP contribution in [0.5, 0.6) is 0 Å². The van der Waals surface area contributed by atoms with Crippen molar-refractivity contribution in [3.05, 3.63) is 23.3 Å². The van der Waals surface area contributed by atoms with Gasteiger partial charge in [0.1, 0.15) is 0 Å². The maximum Gasteiger partial charge on any atom is 0.188 e. The first-order valence-electron chi connectivity index (χ1n) is 8.90. The van der Waals surface area contributed by atoms with Crippen LogP contribution in [0.3, 0.4) is 0 Å². The summed E-state index contributed by atoms with van der Waals surface area (Å²) in [6, 6.07) is 0. The van der Waals surface area contributed by atoms with Gasteiger partial charge in [-0.15, -0.1) is 0 Å². The molecule has 2 heterocycles. The van der Waals surface area contributed by atoms with Gasteiger partial charge in [-0.1, -0.05) is 20.8 Å². The van der Waals surface area contributed by atoms with Crippen molar-refractivity contribution in [3.8, 4) is 0 Å². The van der Waals surface area contributed by atoms with E-state index < -0.39 is 11.2 Å². The maximum atomic E-state index is 13.0. The first-order valence-corrected chi connectivity index (χ1v) is 8.90. The molecule has 2 aliphatic heterocycles. The normalized spacial score (nSPS) is 44.4. The van der Waals surface area contributed by atoms with Crippen LogP contribution < -0.4 is 0 Å². The Kier molecular flexibility index (Phi) is 3.93. The highest BCUT2D eigenvalue weighted by atomic mass is 16.5. The summed E-state index contributed by atoms with van der Waals surface area (Å²) in [5.41, 5.74) is -1.85. The molecule has 4 atom stereocenters. The second-order valence-corrected chi connectivity index (χ2v) is 8.73. The number of aliphatic hydroxyl groups is 1. The summed E-state index contributed by atoms with van der Waals surface area (Å²) in [5.74, 6) is -0.835. The predicted octanol–water partition coefficient (Wildman–Crippen LogP) is 3.14. The Balaban J connectivity index is 2.12. The molecule has 0 amide bonds. The minimum absolute atomic E-state index is 0.0390. The van der Waals surface area contributed by atoms with Crippen LogP contribution in [-0.4, -0.2) is 34.0 Å². The topological polar surface area (TPSA) is 63.6 Å². The average molecular weight is 332 g/mol. The van der Waals surface area contributed by atoms with Crippen molar-refractivity contribution < 1.29 is 19.4 Å². The molecule has 0 aromatic carbocycles. The third-order valence-corrected chi connectivity index (χ3v) is 6.12. The Morgan fingerprint density at radius 2 is 1.79 bits per heavy atom. The average Bonchev–Trinajstić information content (AvgIpc) is 2.99. The molecule has 1 N–H and O–H groups in total. The van der Waals surface area contributed by atoms with Gasteiger partial charge in [0.15, 0.2) is 17.2 Å². The Labute approximate surface area is 144 Å². The van der Waals surface area contributed by atoms with Gasteiger partial charge < -0.3 is 9.84 Å². The highest BCUT2D eigenvalue weighted by Crippen LogP contribution is 2.46. The standard InChI is InChI=1S/C20H28O4/c1-12-6-8-18(3,4)15-7-9-19(5,24-15)11-14-16(21)13(2)10-20(14,23)17(12)22/h10-12,15,23H,6-9H2,1-5H3/b14-11-/t12-,15+,19-,20+/m0/s1. The van der Waals surface area contributed by atoms with E-state index in [4.69, 9.17) is 4.74 Å². The van der Waals surface area contributed by atoms with Crippen LogP contribution in [0.1, 0.15) is 60.3 Å². The fourth-order valence-corrected chi connectivity index (χ4v) is 4.30. The van der Waals surface area contributed by atoms with Crippen LogP contribution >= 0.6 is 0 Å². The number of ketones is 2. The summed E-state index contributed by atoms with van der Waals surface area (Å²) in [5, 5.41) is 11.1. The molecule has 1 aliphatic carbocycles. The second-order valence-electron chi connectivity index (χ2n) is 8.73. The van der Waals surface area contributed by atoms with Gasteiger partial charge in [0.25, 0.3) is 0 Å². The zero-order valence-corrected chi connectivity index (χ0v) is 15.3. The van der Waals surface area contributed by atoms with Gasteiger partial charge in [-0.3, -0.25) is 9.59 Å². The minimum Gasteiger partial charge on any atom is -0.373 e. The molecule has 0 saturated carbocycles. The van der Waals surface area contributed by atoms with Crippen LogP contribution in [0.25, 0.3) is 0 Å². The van der Waals surface area contributed by atoms with E-state index in [-0.39, 0.29) is 34.6 Å². The van der Waals surface area contributed by atoms with E-state index >= 15 is 0 Å². The van der Waals surface area contributed by atoms with E-state index in [1.165, 1.54) is 6.08 Å². The van der Waals surface area contributed by atoms with Crippen molar-refractivity contribution in [1.82, 2.24) is 0 Å². The summed E-state index contributed by atoms with van der Waals surface area (Å²) < 4.78 is 6.33. The van der Waals surface area contributed by atoms with Crippen molar-refractivity contribution in [2.45, 2.75) is 77.6 Å². The lowest BCUT2D eigenvalue weighted by Gasteiger charge is -2.33. The van der Waals surface area contributed by atoms with Gasteiger partial charge in [0.05, 0.1) is 11.7 Å². The van der Waals surface area contributed by atoms with E-state index in [0.29, 0.717) is 12.0 Å². The molecule has 0 spiro atoms. The van der Waals surface area contributed by atoms with Gasteiger partial charge in [-0.2, -0.15) is 0 Å². The zero-order valence-electron chi connectivity index (χ0n) is 15.3. The Morgan fingerprint density at radius 3 is 2.46 bits per heavy atom. The van der Waals surface area contributed by atoms with Gasteiger partial charge in [-0.25, -0.2) is 0 Å². The first-order chi connectivity index (χ1) is 11.0. The lowest BCUT2D eigenvalue weighted by molar-refractivity contribution is -0.135. The molecular formula is C20H28O4. The van der Waals surface area contributed by atoms with Crippen LogP contribution in [0, 0.1) is 11.3 Å². The zero-order chi connectivity index (χ0) is 17.9. The molecule has 0 aromatic rings. The van der Waals surface area contributed by atoms with Crippen LogP contribution in [0.4, 0.5) is 0 Å². The molecule has 4 nitrogen and oxygen atoms in total. The third kappa shape index (κ3) is 2.60. The molecule has 24 heavy (non-hydrogen) atoms. The monoisotopic (exact) mass is 332 g/mol. The lowest BCUT2D eigenvalue weighted by atomic mass is 9.75. The molecule has 2 bridgehead atoms. The summed E-state index contributed by atoms with van der Waals surface area (Å²) in [6.07, 6.45) is 6.48. The molecule has 132 valence electrons. The van der Waals surface area contributed by atoms with Gasteiger partial charge in [-0.05, 0) is 62.7 Å². The molecule has 3 aliphatic rings. The summed E-state index contributed by atoms with van der Waals surface area (Å²) in [4.78, 5) is 25.5. The van der Waals surface area contributed by atoms with Crippen LogP contribution in [0.15, 0.2) is 23.3 Å². The third-order valence-electron chi connectivity index (χ3n) is 6.12. The number of fused-ring (bicyclic) bond motifs is 3. The number of hydrogen-bond donors (Lipinski definition) is 1. The van der Waals surface area contributed by atoms with Gasteiger partial charge >= 0.3 is 0 Å². The number of carbonyl (C=O) groups is 2. The van der Waals surface area contributed by atoms with E-state index in [1.807, 2.05) is 13.8 Å². The summed E-state index contributed by atoms with van der Waals surface area (Å²) >= 11 is 0. The largest absolute Gasteiger partial charge is 0.373 e. The van der Waals surface area contributed by atoms with Crippen molar-refractivity contribution >= 4 is 11.6 Å². The fraction of sp³-hybridized carbons (Fsp3) is 0.700. The number of rotatable bonds is 0. The van der Waals surface area contributed by atoms with Gasteiger partial charge in [0, 0.05) is 11.5 Å². The van der Waals surface area contributed by atoms with Crippen LogP contribution in [-0.2, 0) is 14.3 Å². The molecule has 3 rings (SSSR count). The fourth-order valence-electron chi connectivity index (χ4n) is 4.30. The number of carbonyl (C=O) groups excluding carboxylic acids is 2. The lowest BCUT2D eigenvalue weighted by Crippen LogP contribution is -2.42. The molecule has 0 radical (unpaired) electrons. The quantitative estimate of drug-likeness (QED) is 0.740. The molecule has 1 fully saturated rings. The highest BCUT2D eigenvalue weighted by molar-refractivity contribution is 6.19. The maximum absolute atomic E-state index is 13.0. The number of hydrogen-bond acceptors (Lipinski definition) is 4. The molecular weight excluding hydrogens is 304 g/mol. The Morgan fingerprint density at radius 1 is 1.12 bits per heavy atom. The van der Waals surface area contributed by atoms with E-state index in [0.717, 1.165) is 19.3 Å². The van der Waals surface area contributed by atoms with Gasteiger partial charge in [0.2, 0.25) is 0 Å². The highest BCUT2D eigenvalue weighted by Gasteiger charge is 2.51. The number of ether oxygens (including phenoxy) is 1. The molecule has 0 aromatic heterocycles. The van der Waals surface area contributed by atoms with Crippen molar-refractivity contribution in [3.63, 3.8) is 0 Å². The van der Waals surface area contributed by atoms with Crippen molar-refractivity contribution in [2.75, 3.05) is 0 Å². The number of Topliss-reactive ketones (excluding diaryl/α,β-unsaturated/α-hetero) is 2. The van der Waals surface area contributed by atoms with E-state index in [1.54, 1.807) is 13.0 Å². The second kappa shape index (κ2) is 5.37. The Hall–Kier alpha value is -1.26. The smallest absolute Gasteiger partial charge is 0.188 e.